The van der Waals surface area contributed by atoms with Gasteiger partial charge in [0, 0.05) is 6.54 Å². The van der Waals surface area contributed by atoms with Gasteiger partial charge in [-0.2, -0.15) is 0 Å². The Morgan fingerprint density at radius 2 is 2.29 bits per heavy atom. The molecule has 4 nitrogen and oxygen atoms in total. The van der Waals surface area contributed by atoms with Gasteiger partial charge in [0.05, 0.1) is 5.02 Å². The van der Waals surface area contributed by atoms with Gasteiger partial charge in [0.25, 0.3) is 0 Å². The number of nitrogens with two attached hydrogens (primary N) is 1. The molecule has 76 valence electrons. The molecule has 0 aliphatic heterocycles. The van der Waals surface area contributed by atoms with E-state index in [0.717, 1.165) is 5.56 Å². The van der Waals surface area contributed by atoms with Gasteiger partial charge in [-0.3, -0.25) is 0 Å². The smallest absolute Gasteiger partial charge is 0.341 e. The summed E-state index contributed by atoms with van der Waals surface area (Å²) < 4.78 is 4.93. The van der Waals surface area contributed by atoms with Crippen LogP contribution < -0.4 is 10.5 Å². The quantitative estimate of drug-likeness (QED) is 0.793. The Labute approximate surface area is 86.2 Å². The number of hydrogen-bond donors (Lipinski definition) is 2. The summed E-state index contributed by atoms with van der Waals surface area (Å²) in [7, 11) is 0. The molecule has 0 heterocycles. The zero-order valence-corrected chi connectivity index (χ0v) is 8.12. The molecule has 0 aliphatic carbocycles. The molecular formula is C9H10ClNO3. The SMILES string of the molecule is NCc1ccc(OCC(=O)O)c(Cl)c1. The highest BCUT2D eigenvalue weighted by atomic mass is 35.5. The van der Waals surface area contributed by atoms with Crippen molar-refractivity contribution < 1.29 is 14.6 Å². The summed E-state index contributed by atoms with van der Waals surface area (Å²) in [5, 5.41) is 8.75. The minimum Gasteiger partial charge on any atom is -0.480 e. The monoisotopic (exact) mass is 215 g/mol. The van der Waals surface area contributed by atoms with Crippen molar-refractivity contribution in [1.29, 1.82) is 0 Å². The number of aliphatic carboxylic acids is 1. The number of carboxylic acid groups (broad SMARTS) is 1. The van der Waals surface area contributed by atoms with E-state index in [-0.39, 0.29) is 0 Å². The van der Waals surface area contributed by atoms with Crippen LogP contribution in [-0.2, 0) is 11.3 Å². The van der Waals surface area contributed by atoms with E-state index in [1.807, 2.05) is 0 Å². The summed E-state index contributed by atoms with van der Waals surface area (Å²) in [5.74, 6) is -0.685. The second kappa shape index (κ2) is 4.83. The summed E-state index contributed by atoms with van der Waals surface area (Å²) in [6.07, 6.45) is 0. The average molecular weight is 216 g/mol. The van der Waals surface area contributed by atoms with E-state index in [9.17, 15) is 4.79 Å². The Morgan fingerprint density at radius 1 is 1.57 bits per heavy atom. The Balaban J connectivity index is 2.73. The van der Waals surface area contributed by atoms with Crippen molar-refractivity contribution in [3.05, 3.63) is 28.8 Å². The van der Waals surface area contributed by atoms with Crippen molar-refractivity contribution in [3.63, 3.8) is 0 Å². The molecule has 0 bridgehead atoms. The molecule has 1 aromatic carbocycles. The zero-order valence-electron chi connectivity index (χ0n) is 7.37. The first-order valence-electron chi connectivity index (χ1n) is 3.96. The maximum absolute atomic E-state index is 10.2. The number of benzene rings is 1. The van der Waals surface area contributed by atoms with E-state index in [4.69, 9.17) is 27.2 Å². The summed E-state index contributed by atoms with van der Waals surface area (Å²) in [4.78, 5) is 10.2. The summed E-state index contributed by atoms with van der Waals surface area (Å²) >= 11 is 5.82. The normalized spacial score (nSPS) is 9.86. The minimum absolute atomic E-state index is 0.353. The maximum Gasteiger partial charge on any atom is 0.341 e. The predicted octanol–water partition coefficient (Wildman–Crippen LogP) is 1.26. The number of carboxylic acids is 1. The van der Waals surface area contributed by atoms with E-state index < -0.39 is 12.6 Å². The van der Waals surface area contributed by atoms with Crippen LogP contribution in [0.1, 0.15) is 5.56 Å². The molecule has 0 saturated carbocycles. The van der Waals surface area contributed by atoms with Crippen molar-refractivity contribution in [2.45, 2.75) is 6.54 Å². The van der Waals surface area contributed by atoms with Crippen molar-refractivity contribution >= 4 is 17.6 Å². The fourth-order valence-corrected chi connectivity index (χ4v) is 1.19. The van der Waals surface area contributed by atoms with Crippen LogP contribution in [0.3, 0.4) is 0 Å². The average Bonchev–Trinajstić information content (AvgIpc) is 2.15. The largest absolute Gasteiger partial charge is 0.480 e. The molecular weight excluding hydrogens is 206 g/mol. The first-order valence-corrected chi connectivity index (χ1v) is 4.34. The van der Waals surface area contributed by atoms with E-state index in [2.05, 4.69) is 0 Å². The van der Waals surface area contributed by atoms with Gasteiger partial charge in [-0.05, 0) is 17.7 Å². The van der Waals surface area contributed by atoms with Crippen molar-refractivity contribution in [2.24, 2.45) is 5.73 Å². The van der Waals surface area contributed by atoms with Crippen LogP contribution in [0.5, 0.6) is 5.75 Å². The lowest BCUT2D eigenvalue weighted by atomic mass is 10.2. The van der Waals surface area contributed by atoms with Gasteiger partial charge in [-0.25, -0.2) is 4.79 Å². The van der Waals surface area contributed by atoms with Crippen LogP contribution in [0, 0.1) is 0 Å². The second-order valence-electron chi connectivity index (χ2n) is 2.65. The molecule has 0 unspecified atom stereocenters. The number of hydrogen-bond acceptors (Lipinski definition) is 3. The van der Waals surface area contributed by atoms with Crippen LogP contribution in [-0.4, -0.2) is 17.7 Å². The maximum atomic E-state index is 10.2. The standard InChI is InChI=1S/C9H10ClNO3/c10-7-3-6(4-11)1-2-8(7)14-5-9(12)13/h1-3H,4-5,11H2,(H,12,13). The third-order valence-corrected chi connectivity index (χ3v) is 1.88. The van der Waals surface area contributed by atoms with Gasteiger partial charge in [0.2, 0.25) is 0 Å². The van der Waals surface area contributed by atoms with E-state index >= 15 is 0 Å². The Kier molecular flexibility index (Phi) is 3.73. The number of carbonyl (C=O) groups is 1. The van der Waals surface area contributed by atoms with Crippen molar-refractivity contribution in [3.8, 4) is 5.75 Å². The lowest BCUT2D eigenvalue weighted by molar-refractivity contribution is -0.139. The molecule has 0 amide bonds. The van der Waals surface area contributed by atoms with Crippen LogP contribution in [0.15, 0.2) is 18.2 Å². The van der Waals surface area contributed by atoms with E-state index in [1.54, 1.807) is 18.2 Å². The van der Waals surface area contributed by atoms with Crippen LogP contribution in [0.25, 0.3) is 0 Å². The molecule has 1 aromatic rings. The van der Waals surface area contributed by atoms with Crippen LogP contribution >= 0.6 is 11.6 Å². The second-order valence-corrected chi connectivity index (χ2v) is 3.06. The van der Waals surface area contributed by atoms with E-state index in [1.165, 1.54) is 0 Å². The highest BCUT2D eigenvalue weighted by Crippen LogP contribution is 2.25. The highest BCUT2D eigenvalue weighted by molar-refractivity contribution is 6.32. The van der Waals surface area contributed by atoms with Crippen molar-refractivity contribution in [2.75, 3.05) is 6.61 Å². The van der Waals surface area contributed by atoms with Crippen LogP contribution in [0.4, 0.5) is 0 Å². The fraction of sp³-hybridized carbons (Fsp3) is 0.222. The molecule has 0 radical (unpaired) electrons. The molecule has 0 atom stereocenters. The fourth-order valence-electron chi connectivity index (χ4n) is 0.928. The number of rotatable bonds is 4. The van der Waals surface area contributed by atoms with Gasteiger partial charge < -0.3 is 15.6 Å². The van der Waals surface area contributed by atoms with Gasteiger partial charge >= 0.3 is 5.97 Å². The van der Waals surface area contributed by atoms with Gasteiger partial charge in [0.15, 0.2) is 6.61 Å². The first kappa shape index (κ1) is 10.8. The van der Waals surface area contributed by atoms with Crippen molar-refractivity contribution in [1.82, 2.24) is 0 Å². The van der Waals surface area contributed by atoms with Gasteiger partial charge in [-0.1, -0.05) is 17.7 Å². The molecule has 0 aromatic heterocycles. The Morgan fingerprint density at radius 3 is 2.79 bits per heavy atom. The topological polar surface area (TPSA) is 72.5 Å². The third-order valence-electron chi connectivity index (χ3n) is 1.58. The lowest BCUT2D eigenvalue weighted by Crippen LogP contribution is -2.09. The molecule has 0 saturated heterocycles. The number of halogens is 1. The lowest BCUT2D eigenvalue weighted by Gasteiger charge is -2.06. The van der Waals surface area contributed by atoms with Gasteiger partial charge in [-0.15, -0.1) is 0 Å². The van der Waals surface area contributed by atoms with Crippen LogP contribution in [0.2, 0.25) is 5.02 Å². The highest BCUT2D eigenvalue weighted by Gasteiger charge is 2.04. The predicted molar refractivity (Wildman–Crippen MR) is 52.5 cm³/mol. The first-order chi connectivity index (χ1) is 6.63. The molecule has 3 N–H and O–H groups in total. The van der Waals surface area contributed by atoms with E-state index in [0.29, 0.717) is 17.3 Å². The molecule has 0 fully saturated rings. The molecule has 0 spiro atoms. The third kappa shape index (κ3) is 2.90. The molecule has 14 heavy (non-hydrogen) atoms. The molecule has 0 aliphatic rings. The molecule has 5 heteroatoms. The molecule has 1 rings (SSSR count). The Hall–Kier alpha value is -1.26. The number of ether oxygens (including phenoxy) is 1. The Bertz CT molecular complexity index is 341. The summed E-state index contributed by atoms with van der Waals surface area (Å²) in [6.45, 7) is -0.0133. The van der Waals surface area contributed by atoms with Gasteiger partial charge in [0.1, 0.15) is 5.75 Å². The zero-order chi connectivity index (χ0) is 10.6. The summed E-state index contributed by atoms with van der Waals surface area (Å²) in [6, 6.07) is 5.00. The summed E-state index contributed by atoms with van der Waals surface area (Å²) in [5.41, 5.74) is 6.27. The minimum atomic E-state index is -1.04.